The molecule has 0 bridgehead atoms. The molecule has 8 nitrogen and oxygen atoms in total. The molecule has 3 rings (SSSR count). The smallest absolute Gasteiger partial charge is 0.262 e. The van der Waals surface area contributed by atoms with E-state index in [1.54, 1.807) is 38.5 Å². The maximum Gasteiger partial charge on any atom is 0.262 e. The first-order chi connectivity index (χ1) is 14.1. The van der Waals surface area contributed by atoms with Crippen LogP contribution in [0, 0.1) is 6.92 Å². The van der Waals surface area contributed by atoms with Gasteiger partial charge >= 0.3 is 0 Å². The van der Waals surface area contributed by atoms with E-state index in [9.17, 15) is 4.79 Å². The van der Waals surface area contributed by atoms with E-state index in [1.165, 1.54) is 12.8 Å². The minimum absolute atomic E-state index is 0.157. The van der Waals surface area contributed by atoms with Gasteiger partial charge in [-0.2, -0.15) is 4.98 Å². The zero-order valence-corrected chi connectivity index (χ0v) is 17.2. The predicted molar refractivity (Wildman–Crippen MR) is 111 cm³/mol. The number of rotatable bonds is 7. The summed E-state index contributed by atoms with van der Waals surface area (Å²) in [5.41, 5.74) is 1.38. The topological polar surface area (TPSA) is 85.8 Å². The Kier molecular flexibility index (Phi) is 7.10. The van der Waals surface area contributed by atoms with Gasteiger partial charge in [-0.05, 0) is 19.8 Å². The highest BCUT2D eigenvalue weighted by Crippen LogP contribution is 2.26. The van der Waals surface area contributed by atoms with Gasteiger partial charge in [0, 0.05) is 48.7 Å². The summed E-state index contributed by atoms with van der Waals surface area (Å²) in [6.07, 6.45) is 4.75. The van der Waals surface area contributed by atoms with Crippen molar-refractivity contribution in [3.05, 3.63) is 30.0 Å². The Morgan fingerprint density at radius 2 is 1.66 bits per heavy atom. The van der Waals surface area contributed by atoms with E-state index >= 15 is 0 Å². The fourth-order valence-corrected chi connectivity index (χ4v) is 3.23. The Morgan fingerprint density at radius 3 is 2.28 bits per heavy atom. The second-order valence-electron chi connectivity index (χ2n) is 6.99. The number of carbonyl (C=O) groups is 1. The van der Waals surface area contributed by atoms with Gasteiger partial charge < -0.3 is 24.4 Å². The van der Waals surface area contributed by atoms with Crippen molar-refractivity contribution in [1.82, 2.24) is 9.97 Å². The molecule has 8 heteroatoms. The molecule has 0 aliphatic carbocycles. The summed E-state index contributed by atoms with van der Waals surface area (Å²) in [6, 6.07) is 6.91. The number of carbonyl (C=O) groups excluding carboxylic acids is 1. The summed E-state index contributed by atoms with van der Waals surface area (Å²) in [5.74, 6) is 1.95. The van der Waals surface area contributed by atoms with Crippen LogP contribution >= 0.6 is 0 Å². The first-order valence-corrected chi connectivity index (χ1v) is 9.84. The summed E-state index contributed by atoms with van der Waals surface area (Å²) < 4.78 is 16.1. The Bertz CT molecular complexity index is 813. The number of hydrogen-bond acceptors (Lipinski definition) is 7. The van der Waals surface area contributed by atoms with Crippen molar-refractivity contribution in [2.45, 2.75) is 32.6 Å². The summed E-state index contributed by atoms with van der Waals surface area (Å²) in [7, 11) is 3.12. The number of aryl methyl sites for hydroxylation is 1. The highest BCUT2D eigenvalue weighted by Gasteiger charge is 2.15. The van der Waals surface area contributed by atoms with Gasteiger partial charge in [0.05, 0.1) is 14.2 Å². The van der Waals surface area contributed by atoms with Crippen LogP contribution in [0.4, 0.5) is 11.6 Å². The van der Waals surface area contributed by atoms with Gasteiger partial charge in [-0.25, -0.2) is 4.98 Å². The zero-order chi connectivity index (χ0) is 20.6. The van der Waals surface area contributed by atoms with Crippen molar-refractivity contribution in [3.63, 3.8) is 0 Å². The van der Waals surface area contributed by atoms with Crippen molar-refractivity contribution in [2.24, 2.45) is 0 Å². The van der Waals surface area contributed by atoms with Crippen molar-refractivity contribution in [3.8, 4) is 17.4 Å². The lowest BCUT2D eigenvalue weighted by molar-refractivity contribution is -0.118. The highest BCUT2D eigenvalue weighted by atomic mass is 16.5. The largest absolute Gasteiger partial charge is 0.497 e. The van der Waals surface area contributed by atoms with Gasteiger partial charge in [0.2, 0.25) is 11.8 Å². The third-order valence-electron chi connectivity index (χ3n) is 4.69. The van der Waals surface area contributed by atoms with Crippen LogP contribution in [0.3, 0.4) is 0 Å². The van der Waals surface area contributed by atoms with Crippen LogP contribution in [0.1, 0.15) is 31.4 Å². The van der Waals surface area contributed by atoms with E-state index in [2.05, 4.69) is 20.2 Å². The van der Waals surface area contributed by atoms with E-state index < -0.39 is 0 Å². The summed E-state index contributed by atoms with van der Waals surface area (Å²) in [6.45, 7) is 3.63. The lowest BCUT2D eigenvalue weighted by atomic mass is 10.2. The molecule has 0 radical (unpaired) electrons. The molecule has 0 saturated carbocycles. The van der Waals surface area contributed by atoms with E-state index in [4.69, 9.17) is 14.2 Å². The number of methoxy groups -OCH3 is 2. The van der Waals surface area contributed by atoms with Crippen LogP contribution in [0.5, 0.6) is 17.4 Å². The molecule has 29 heavy (non-hydrogen) atoms. The molecule has 1 aliphatic rings. The number of amides is 1. The standard InChI is InChI=1S/C21H28N4O4/c1-15-10-20(24-21(22-15)25-8-6-4-5-7-9-25)29-14-19(26)23-16-11-17(27-2)13-18(12-16)28-3/h10-13H,4-9,14H2,1-3H3,(H,23,26). The lowest BCUT2D eigenvalue weighted by Gasteiger charge is -2.21. The van der Waals surface area contributed by atoms with E-state index in [0.29, 0.717) is 29.0 Å². The molecule has 156 valence electrons. The van der Waals surface area contributed by atoms with Gasteiger partial charge in [0.25, 0.3) is 5.91 Å². The molecule has 2 aromatic rings. The van der Waals surface area contributed by atoms with E-state index in [-0.39, 0.29) is 12.5 Å². The lowest BCUT2D eigenvalue weighted by Crippen LogP contribution is -2.26. The quantitative estimate of drug-likeness (QED) is 0.764. The van der Waals surface area contributed by atoms with Crippen LogP contribution in [-0.4, -0.2) is 49.8 Å². The molecule has 2 heterocycles. The highest BCUT2D eigenvalue weighted by molar-refractivity contribution is 5.92. The van der Waals surface area contributed by atoms with E-state index in [1.807, 2.05) is 6.92 Å². The average Bonchev–Trinajstić information content (AvgIpc) is 3.01. The maximum absolute atomic E-state index is 12.3. The minimum atomic E-state index is -0.298. The number of ether oxygens (including phenoxy) is 3. The van der Waals surface area contributed by atoms with Crippen molar-refractivity contribution in [2.75, 3.05) is 44.1 Å². The first-order valence-electron chi connectivity index (χ1n) is 9.84. The molecule has 1 aromatic heterocycles. The average molecular weight is 400 g/mol. The zero-order valence-electron chi connectivity index (χ0n) is 17.2. The monoisotopic (exact) mass is 400 g/mol. The summed E-state index contributed by atoms with van der Waals surface area (Å²) in [5, 5.41) is 2.78. The molecule has 1 amide bonds. The Morgan fingerprint density at radius 1 is 1.00 bits per heavy atom. The van der Waals surface area contributed by atoms with Crippen molar-refractivity contribution < 1.29 is 19.0 Å². The number of anilines is 2. The molecule has 0 atom stereocenters. The van der Waals surface area contributed by atoms with Crippen LogP contribution in [0.25, 0.3) is 0 Å². The van der Waals surface area contributed by atoms with Gasteiger partial charge in [0.15, 0.2) is 6.61 Å². The first kappa shape index (κ1) is 20.7. The molecule has 0 spiro atoms. The summed E-state index contributed by atoms with van der Waals surface area (Å²) >= 11 is 0. The molecule has 1 N–H and O–H groups in total. The normalized spacial score (nSPS) is 14.1. The molecular formula is C21H28N4O4. The second kappa shape index (κ2) is 9.95. The van der Waals surface area contributed by atoms with Crippen molar-refractivity contribution in [1.29, 1.82) is 0 Å². The Hall–Kier alpha value is -3.03. The third kappa shape index (κ3) is 5.97. The molecule has 1 aromatic carbocycles. The fourth-order valence-electron chi connectivity index (χ4n) is 3.23. The SMILES string of the molecule is COc1cc(NC(=O)COc2cc(C)nc(N3CCCCCC3)n2)cc(OC)c1. The van der Waals surface area contributed by atoms with E-state index in [0.717, 1.165) is 31.6 Å². The molecular weight excluding hydrogens is 372 g/mol. The molecule has 1 aliphatic heterocycles. The molecule has 1 saturated heterocycles. The number of nitrogens with zero attached hydrogens (tertiary/aromatic N) is 3. The minimum Gasteiger partial charge on any atom is -0.497 e. The van der Waals surface area contributed by atoms with Gasteiger partial charge in [-0.3, -0.25) is 4.79 Å². The van der Waals surface area contributed by atoms with Crippen LogP contribution in [0.15, 0.2) is 24.3 Å². The third-order valence-corrected chi connectivity index (χ3v) is 4.69. The Labute approximate surface area is 171 Å². The molecule has 1 fully saturated rings. The van der Waals surface area contributed by atoms with Crippen LogP contribution < -0.4 is 24.4 Å². The van der Waals surface area contributed by atoms with Crippen LogP contribution in [0.2, 0.25) is 0 Å². The summed E-state index contributed by atoms with van der Waals surface area (Å²) in [4.78, 5) is 23.6. The van der Waals surface area contributed by atoms with Gasteiger partial charge in [-0.15, -0.1) is 0 Å². The maximum atomic E-state index is 12.3. The van der Waals surface area contributed by atoms with Gasteiger partial charge in [-0.1, -0.05) is 12.8 Å². The fraction of sp³-hybridized carbons (Fsp3) is 0.476. The number of nitrogens with one attached hydrogen (secondary N) is 1. The number of hydrogen-bond donors (Lipinski definition) is 1. The predicted octanol–water partition coefficient (Wildman–Crippen LogP) is 3.20. The molecule has 0 unspecified atom stereocenters. The second-order valence-corrected chi connectivity index (χ2v) is 6.99. The Balaban J connectivity index is 1.62. The van der Waals surface area contributed by atoms with Crippen LogP contribution in [-0.2, 0) is 4.79 Å². The van der Waals surface area contributed by atoms with Gasteiger partial charge in [0.1, 0.15) is 11.5 Å². The number of benzene rings is 1. The number of aromatic nitrogens is 2. The van der Waals surface area contributed by atoms with Crippen molar-refractivity contribution >= 4 is 17.5 Å².